The fourth-order valence-corrected chi connectivity index (χ4v) is 2.90. The summed E-state index contributed by atoms with van der Waals surface area (Å²) in [7, 11) is 0. The summed E-state index contributed by atoms with van der Waals surface area (Å²) in [6.45, 7) is 6.05. The Kier molecular flexibility index (Phi) is 3.36. The van der Waals surface area contributed by atoms with Crippen LogP contribution in [0.1, 0.15) is 27.8 Å². The lowest BCUT2D eigenvalue weighted by atomic mass is 9.92. The van der Waals surface area contributed by atoms with Crippen LogP contribution in [0.4, 0.5) is 0 Å². The molecule has 1 atom stereocenters. The van der Waals surface area contributed by atoms with Crippen molar-refractivity contribution in [3.63, 3.8) is 0 Å². The number of rotatable bonds is 3. The van der Waals surface area contributed by atoms with Crippen LogP contribution >= 0.6 is 11.3 Å². The third-order valence-corrected chi connectivity index (χ3v) is 4.32. The third-order valence-electron chi connectivity index (χ3n) is 3.07. The molecule has 1 unspecified atom stereocenters. The van der Waals surface area contributed by atoms with Gasteiger partial charge in [-0.15, -0.1) is 11.3 Å². The van der Waals surface area contributed by atoms with Gasteiger partial charge < -0.3 is 5.11 Å². The van der Waals surface area contributed by atoms with Gasteiger partial charge >= 0.3 is 0 Å². The molecule has 1 N–H and O–H groups in total. The highest BCUT2D eigenvalue weighted by atomic mass is 32.1. The lowest BCUT2D eigenvalue weighted by molar-refractivity contribution is 0.0613. The van der Waals surface area contributed by atoms with Crippen molar-refractivity contribution in [3.05, 3.63) is 57.3 Å². The van der Waals surface area contributed by atoms with Gasteiger partial charge in [0, 0.05) is 16.2 Å². The normalized spacial score (nSPS) is 14.6. The minimum atomic E-state index is -0.773. The van der Waals surface area contributed by atoms with Gasteiger partial charge in [-0.2, -0.15) is 0 Å². The van der Waals surface area contributed by atoms with E-state index >= 15 is 0 Å². The molecule has 1 aromatic carbocycles. The Labute approximate surface area is 107 Å². The van der Waals surface area contributed by atoms with E-state index in [-0.39, 0.29) is 0 Å². The van der Waals surface area contributed by atoms with E-state index in [2.05, 4.69) is 32.0 Å². The van der Waals surface area contributed by atoms with E-state index in [1.807, 2.05) is 25.1 Å². The van der Waals surface area contributed by atoms with E-state index in [4.69, 9.17) is 0 Å². The Morgan fingerprint density at radius 3 is 2.41 bits per heavy atom. The maximum atomic E-state index is 10.6. The quantitative estimate of drug-likeness (QED) is 0.873. The van der Waals surface area contributed by atoms with Gasteiger partial charge in [0.05, 0.1) is 5.60 Å². The summed E-state index contributed by atoms with van der Waals surface area (Å²) in [6, 6.07) is 12.3. The van der Waals surface area contributed by atoms with Crippen molar-refractivity contribution >= 4 is 11.3 Å². The second-order valence-corrected chi connectivity index (χ2v) is 6.08. The van der Waals surface area contributed by atoms with E-state index < -0.39 is 5.60 Å². The molecule has 0 bridgehead atoms. The molecule has 0 spiro atoms. The predicted molar refractivity (Wildman–Crippen MR) is 73.5 cm³/mol. The Balaban J connectivity index is 2.26. The summed E-state index contributed by atoms with van der Waals surface area (Å²) in [5.74, 6) is 0. The van der Waals surface area contributed by atoms with Crippen LogP contribution in [0.2, 0.25) is 0 Å². The van der Waals surface area contributed by atoms with Gasteiger partial charge in [-0.3, -0.25) is 0 Å². The van der Waals surface area contributed by atoms with Crippen molar-refractivity contribution in [3.8, 4) is 0 Å². The summed E-state index contributed by atoms with van der Waals surface area (Å²) in [4.78, 5) is 2.28. The first-order valence-electron chi connectivity index (χ1n) is 5.83. The summed E-state index contributed by atoms with van der Waals surface area (Å²) in [5.41, 5.74) is 1.68. The lowest BCUT2D eigenvalue weighted by Crippen LogP contribution is -2.23. The lowest BCUT2D eigenvalue weighted by Gasteiger charge is -2.23. The smallest absolute Gasteiger partial charge is 0.1000 e. The van der Waals surface area contributed by atoms with E-state index in [9.17, 15) is 5.11 Å². The van der Waals surface area contributed by atoms with Crippen molar-refractivity contribution in [1.29, 1.82) is 0 Å². The third kappa shape index (κ3) is 2.76. The Bertz CT molecular complexity index is 511. The minimum absolute atomic E-state index is 0.666. The molecule has 0 aliphatic heterocycles. The molecule has 1 nitrogen and oxygen atoms in total. The molecule has 0 amide bonds. The van der Waals surface area contributed by atoms with E-state index in [1.54, 1.807) is 11.3 Å². The Morgan fingerprint density at radius 2 is 1.82 bits per heavy atom. The fraction of sp³-hybridized carbons (Fsp3) is 0.333. The van der Waals surface area contributed by atoms with Gasteiger partial charge in [0.1, 0.15) is 0 Å². The van der Waals surface area contributed by atoms with Crippen LogP contribution in [0.3, 0.4) is 0 Å². The van der Waals surface area contributed by atoms with Crippen molar-refractivity contribution in [2.75, 3.05) is 0 Å². The zero-order chi connectivity index (χ0) is 12.5. The zero-order valence-corrected chi connectivity index (χ0v) is 11.3. The van der Waals surface area contributed by atoms with Crippen molar-refractivity contribution in [2.24, 2.45) is 0 Å². The van der Waals surface area contributed by atoms with Crippen LogP contribution in [0.5, 0.6) is 0 Å². The molecule has 0 saturated heterocycles. The average molecular weight is 246 g/mol. The first kappa shape index (κ1) is 12.3. The zero-order valence-electron chi connectivity index (χ0n) is 10.5. The predicted octanol–water partition coefficient (Wildman–Crippen LogP) is 3.82. The SMILES string of the molecule is Cc1ccc(C(C)(O)Cc2ccccc2C)s1. The van der Waals surface area contributed by atoms with Gasteiger partial charge in [0.25, 0.3) is 0 Å². The van der Waals surface area contributed by atoms with Crippen LogP contribution in [-0.4, -0.2) is 5.11 Å². The summed E-state index contributed by atoms with van der Waals surface area (Å²) < 4.78 is 0. The van der Waals surface area contributed by atoms with Gasteiger partial charge in [-0.25, -0.2) is 0 Å². The molecule has 90 valence electrons. The number of hydrogen-bond donors (Lipinski definition) is 1. The molecule has 0 saturated carbocycles. The molecule has 0 aliphatic carbocycles. The van der Waals surface area contributed by atoms with Gasteiger partial charge in [-0.05, 0) is 44.0 Å². The molecule has 2 rings (SSSR count). The van der Waals surface area contributed by atoms with E-state index in [0.29, 0.717) is 6.42 Å². The molecule has 0 aliphatic rings. The number of aliphatic hydroxyl groups is 1. The summed E-state index contributed by atoms with van der Waals surface area (Å²) in [5, 5.41) is 10.6. The topological polar surface area (TPSA) is 20.2 Å². The number of thiophene rings is 1. The van der Waals surface area contributed by atoms with Crippen LogP contribution in [0, 0.1) is 13.8 Å². The van der Waals surface area contributed by atoms with Crippen molar-refractivity contribution in [1.82, 2.24) is 0 Å². The standard InChI is InChI=1S/C15H18OS/c1-11-6-4-5-7-13(11)10-15(3,16)14-9-8-12(2)17-14/h4-9,16H,10H2,1-3H3. The molecule has 17 heavy (non-hydrogen) atoms. The maximum absolute atomic E-state index is 10.6. The molecule has 0 fully saturated rings. The van der Waals surface area contributed by atoms with Crippen LogP contribution in [-0.2, 0) is 12.0 Å². The van der Waals surface area contributed by atoms with E-state index in [1.165, 1.54) is 16.0 Å². The molecule has 2 heteroatoms. The summed E-state index contributed by atoms with van der Waals surface area (Å²) in [6.07, 6.45) is 0.666. The molecular weight excluding hydrogens is 228 g/mol. The van der Waals surface area contributed by atoms with Crippen LogP contribution < -0.4 is 0 Å². The number of hydrogen-bond acceptors (Lipinski definition) is 2. The van der Waals surface area contributed by atoms with Gasteiger partial charge in [0.15, 0.2) is 0 Å². The number of aryl methyl sites for hydroxylation is 2. The minimum Gasteiger partial charge on any atom is -0.384 e. The highest BCUT2D eigenvalue weighted by Gasteiger charge is 2.25. The highest BCUT2D eigenvalue weighted by Crippen LogP contribution is 2.31. The molecule has 2 aromatic rings. The molecular formula is C15H18OS. The Morgan fingerprint density at radius 1 is 1.12 bits per heavy atom. The second kappa shape index (κ2) is 4.63. The average Bonchev–Trinajstić information content (AvgIpc) is 2.69. The van der Waals surface area contributed by atoms with Crippen LogP contribution in [0.15, 0.2) is 36.4 Å². The van der Waals surface area contributed by atoms with Gasteiger partial charge in [-0.1, -0.05) is 24.3 Å². The van der Waals surface area contributed by atoms with Crippen LogP contribution in [0.25, 0.3) is 0 Å². The molecule has 0 radical (unpaired) electrons. The monoisotopic (exact) mass is 246 g/mol. The fourth-order valence-electron chi connectivity index (χ4n) is 1.99. The summed E-state index contributed by atoms with van der Waals surface area (Å²) >= 11 is 1.67. The van der Waals surface area contributed by atoms with E-state index in [0.717, 1.165) is 4.88 Å². The van der Waals surface area contributed by atoms with Crippen molar-refractivity contribution < 1.29 is 5.11 Å². The largest absolute Gasteiger partial charge is 0.384 e. The Hall–Kier alpha value is -1.12. The highest BCUT2D eigenvalue weighted by molar-refractivity contribution is 7.12. The number of benzene rings is 1. The van der Waals surface area contributed by atoms with Crippen molar-refractivity contribution in [2.45, 2.75) is 32.8 Å². The second-order valence-electron chi connectivity index (χ2n) is 4.79. The molecule has 1 aromatic heterocycles. The first-order chi connectivity index (χ1) is 7.99. The van der Waals surface area contributed by atoms with Gasteiger partial charge in [0.2, 0.25) is 0 Å². The molecule has 1 heterocycles. The maximum Gasteiger partial charge on any atom is 0.1000 e. The first-order valence-corrected chi connectivity index (χ1v) is 6.64.